The third-order valence-electron chi connectivity index (χ3n) is 1.74. The van der Waals surface area contributed by atoms with Crippen LogP contribution in [0.15, 0.2) is 0 Å². The summed E-state index contributed by atoms with van der Waals surface area (Å²) in [6, 6.07) is 0. The van der Waals surface area contributed by atoms with Crippen molar-refractivity contribution in [1.29, 1.82) is 0 Å². The monoisotopic (exact) mass is 302 g/mol. The molecule has 0 aliphatic heterocycles. The Hall–Kier alpha value is -0.630. The van der Waals surface area contributed by atoms with Gasteiger partial charge in [0.15, 0.2) is 0 Å². The van der Waals surface area contributed by atoms with Crippen LogP contribution in [0.4, 0.5) is 18.0 Å². The molecule has 0 saturated heterocycles. The Morgan fingerprint density at radius 2 is 1.79 bits per heavy atom. The van der Waals surface area contributed by atoms with Gasteiger partial charge in [-0.15, -0.1) is 0 Å². The van der Waals surface area contributed by atoms with Crippen LogP contribution in [0, 0.1) is 0 Å². The van der Waals surface area contributed by atoms with Crippen LogP contribution in [0.3, 0.4) is 0 Å². The lowest BCUT2D eigenvalue weighted by Crippen LogP contribution is -2.34. The van der Waals surface area contributed by atoms with Crippen LogP contribution in [0.25, 0.3) is 0 Å². The fourth-order valence-corrected chi connectivity index (χ4v) is 1.56. The molecule has 0 aliphatic rings. The molecule has 0 aromatic heterocycles. The molecule has 0 saturated carbocycles. The van der Waals surface area contributed by atoms with Gasteiger partial charge in [-0.05, 0) is 45.5 Å². The maximum Gasteiger partial charge on any atom is 0.441 e. The van der Waals surface area contributed by atoms with E-state index in [4.69, 9.17) is 4.74 Å². The van der Waals surface area contributed by atoms with Crippen LogP contribution in [0.5, 0.6) is 0 Å². The average molecular weight is 302 g/mol. The molecule has 0 radical (unpaired) electrons. The summed E-state index contributed by atoms with van der Waals surface area (Å²) in [7, 11) is 0. The van der Waals surface area contributed by atoms with E-state index in [9.17, 15) is 18.0 Å². The molecule has 4 nitrogen and oxygen atoms in total. The molecule has 0 fully saturated rings. The molecule has 0 heterocycles. The Balaban J connectivity index is 3.35. The highest BCUT2D eigenvalue weighted by molar-refractivity contribution is 8.00. The van der Waals surface area contributed by atoms with Crippen molar-refractivity contribution in [2.45, 2.75) is 38.3 Å². The van der Waals surface area contributed by atoms with Crippen molar-refractivity contribution in [2.75, 3.05) is 25.4 Å². The fourth-order valence-electron chi connectivity index (χ4n) is 1.08. The van der Waals surface area contributed by atoms with Crippen LogP contribution in [0.2, 0.25) is 0 Å². The molecular formula is C11H21F3N2O2S. The van der Waals surface area contributed by atoms with Crippen LogP contribution in [0.1, 0.15) is 27.2 Å². The molecule has 0 aromatic rings. The van der Waals surface area contributed by atoms with E-state index in [0.717, 1.165) is 0 Å². The number of thioether (sulfide) groups is 1. The van der Waals surface area contributed by atoms with Gasteiger partial charge in [-0.3, -0.25) is 0 Å². The van der Waals surface area contributed by atoms with Crippen molar-refractivity contribution in [1.82, 2.24) is 10.6 Å². The zero-order chi connectivity index (χ0) is 14.9. The number of halogens is 3. The van der Waals surface area contributed by atoms with E-state index in [1.165, 1.54) is 0 Å². The van der Waals surface area contributed by atoms with Crippen molar-refractivity contribution in [3.05, 3.63) is 0 Å². The summed E-state index contributed by atoms with van der Waals surface area (Å²) in [6.45, 7) is 6.57. The number of alkyl halides is 3. The van der Waals surface area contributed by atoms with Gasteiger partial charge in [0.1, 0.15) is 5.60 Å². The predicted octanol–water partition coefficient (Wildman–Crippen LogP) is 2.74. The smallest absolute Gasteiger partial charge is 0.441 e. The lowest BCUT2D eigenvalue weighted by atomic mass is 10.2. The Bertz CT molecular complexity index is 268. The second-order valence-corrected chi connectivity index (χ2v) is 5.99. The predicted molar refractivity (Wildman–Crippen MR) is 70.2 cm³/mol. The second kappa shape index (κ2) is 8.52. The van der Waals surface area contributed by atoms with E-state index in [0.29, 0.717) is 19.5 Å². The number of nitrogens with one attached hydrogen (secondary N) is 2. The number of carbonyl (C=O) groups is 1. The molecule has 0 spiro atoms. The Kier molecular flexibility index (Phi) is 8.24. The standard InChI is InChI=1S/C11H21F3N2O2S/c1-10(2,3)18-9(17)16-6-4-5-15-7-8-19-11(12,13)14/h15H,4-8H2,1-3H3,(H,16,17). The first-order valence-electron chi connectivity index (χ1n) is 5.98. The number of amides is 1. The first-order chi connectivity index (χ1) is 8.60. The van der Waals surface area contributed by atoms with Gasteiger partial charge < -0.3 is 15.4 Å². The van der Waals surface area contributed by atoms with E-state index in [1.807, 2.05) is 0 Å². The van der Waals surface area contributed by atoms with Gasteiger partial charge >= 0.3 is 11.6 Å². The molecule has 0 atom stereocenters. The molecule has 0 aromatic carbocycles. The largest absolute Gasteiger partial charge is 0.444 e. The quantitative estimate of drug-likeness (QED) is 0.710. The molecule has 8 heteroatoms. The van der Waals surface area contributed by atoms with Crippen molar-refractivity contribution >= 4 is 17.9 Å². The number of rotatable bonds is 7. The van der Waals surface area contributed by atoms with Gasteiger partial charge in [-0.2, -0.15) is 13.2 Å². The van der Waals surface area contributed by atoms with E-state index < -0.39 is 17.2 Å². The summed E-state index contributed by atoms with van der Waals surface area (Å²) < 4.78 is 40.4. The summed E-state index contributed by atoms with van der Waals surface area (Å²) >= 11 is -0.0436. The second-order valence-electron chi connectivity index (χ2n) is 4.83. The SMILES string of the molecule is CC(C)(C)OC(=O)NCCCNCCSC(F)(F)F. The molecule has 0 bridgehead atoms. The zero-order valence-electron chi connectivity index (χ0n) is 11.4. The van der Waals surface area contributed by atoms with E-state index in [2.05, 4.69) is 10.6 Å². The summed E-state index contributed by atoms with van der Waals surface area (Å²) in [5.41, 5.74) is -4.70. The van der Waals surface area contributed by atoms with Crippen LogP contribution >= 0.6 is 11.8 Å². The number of ether oxygens (including phenoxy) is 1. The summed E-state index contributed by atoms with van der Waals surface area (Å²) in [5, 5.41) is 5.44. The van der Waals surface area contributed by atoms with Crippen molar-refractivity contribution in [3.63, 3.8) is 0 Å². The van der Waals surface area contributed by atoms with Crippen LogP contribution in [-0.4, -0.2) is 42.6 Å². The topological polar surface area (TPSA) is 50.4 Å². The molecule has 0 unspecified atom stereocenters. The lowest BCUT2D eigenvalue weighted by Gasteiger charge is -2.19. The minimum atomic E-state index is -4.17. The zero-order valence-corrected chi connectivity index (χ0v) is 12.2. The summed E-state index contributed by atoms with van der Waals surface area (Å²) in [6.07, 6.45) is 0.149. The van der Waals surface area contributed by atoms with Gasteiger partial charge in [-0.1, -0.05) is 0 Å². The normalized spacial score (nSPS) is 12.3. The third-order valence-corrected chi connectivity index (χ3v) is 2.48. The maximum atomic E-state index is 11.8. The fraction of sp³-hybridized carbons (Fsp3) is 0.909. The highest BCUT2D eigenvalue weighted by Gasteiger charge is 2.27. The van der Waals surface area contributed by atoms with E-state index in [1.54, 1.807) is 20.8 Å². The van der Waals surface area contributed by atoms with Gasteiger partial charge in [-0.25, -0.2) is 4.79 Å². The highest BCUT2D eigenvalue weighted by Crippen LogP contribution is 2.29. The van der Waals surface area contributed by atoms with Gasteiger partial charge in [0.2, 0.25) is 0 Å². The molecule has 0 rings (SSSR count). The minimum Gasteiger partial charge on any atom is -0.444 e. The Labute approximate surface area is 115 Å². The Morgan fingerprint density at radius 3 is 2.32 bits per heavy atom. The molecule has 0 aliphatic carbocycles. The van der Waals surface area contributed by atoms with Crippen molar-refractivity contribution in [3.8, 4) is 0 Å². The lowest BCUT2D eigenvalue weighted by molar-refractivity contribution is -0.0327. The van der Waals surface area contributed by atoms with Gasteiger partial charge in [0, 0.05) is 18.8 Å². The molecule has 19 heavy (non-hydrogen) atoms. The highest BCUT2D eigenvalue weighted by atomic mass is 32.2. The summed E-state index contributed by atoms with van der Waals surface area (Å²) in [4.78, 5) is 11.2. The third kappa shape index (κ3) is 15.3. The molecule has 1 amide bonds. The van der Waals surface area contributed by atoms with Crippen LogP contribution in [-0.2, 0) is 4.74 Å². The van der Waals surface area contributed by atoms with Crippen molar-refractivity contribution < 1.29 is 22.7 Å². The average Bonchev–Trinajstić information content (AvgIpc) is 2.17. The first kappa shape index (κ1) is 18.4. The van der Waals surface area contributed by atoms with Crippen LogP contribution < -0.4 is 10.6 Å². The number of hydrogen-bond acceptors (Lipinski definition) is 4. The van der Waals surface area contributed by atoms with Gasteiger partial charge in [0.05, 0.1) is 0 Å². The molecule has 2 N–H and O–H groups in total. The van der Waals surface area contributed by atoms with E-state index in [-0.39, 0.29) is 24.1 Å². The van der Waals surface area contributed by atoms with Gasteiger partial charge in [0.25, 0.3) is 0 Å². The van der Waals surface area contributed by atoms with E-state index >= 15 is 0 Å². The number of carbonyl (C=O) groups excluding carboxylic acids is 1. The number of alkyl carbamates (subject to hydrolysis) is 1. The minimum absolute atomic E-state index is 0.0109. The Morgan fingerprint density at radius 1 is 1.16 bits per heavy atom. The first-order valence-corrected chi connectivity index (χ1v) is 6.97. The molecule has 114 valence electrons. The number of hydrogen-bond donors (Lipinski definition) is 2. The molecular weight excluding hydrogens is 281 g/mol. The maximum absolute atomic E-state index is 11.8. The summed E-state index contributed by atoms with van der Waals surface area (Å²) in [5.74, 6) is -0.0109. The van der Waals surface area contributed by atoms with Crippen molar-refractivity contribution in [2.24, 2.45) is 0 Å².